The quantitative estimate of drug-likeness (QED) is 0.908. The van der Waals surface area contributed by atoms with Crippen molar-refractivity contribution in [3.05, 3.63) is 41.4 Å². The van der Waals surface area contributed by atoms with Crippen LogP contribution in [0.5, 0.6) is 0 Å². The van der Waals surface area contributed by atoms with Crippen LogP contribution in [0.15, 0.2) is 22.9 Å². The lowest BCUT2D eigenvalue weighted by molar-refractivity contribution is 0.0573. The first-order valence-corrected chi connectivity index (χ1v) is 8.16. The van der Waals surface area contributed by atoms with Gasteiger partial charge in [-0.2, -0.15) is 0 Å². The zero-order valence-corrected chi connectivity index (χ0v) is 13.4. The number of carboxylic acid groups (broad SMARTS) is 1. The number of nitrogens with zero attached hydrogens (tertiary/aromatic N) is 3. The number of oxazole rings is 1. The first kappa shape index (κ1) is 15.0. The van der Waals surface area contributed by atoms with Gasteiger partial charge in [-0.3, -0.25) is 4.79 Å². The lowest BCUT2D eigenvalue weighted by Crippen LogP contribution is -2.48. The summed E-state index contributed by atoms with van der Waals surface area (Å²) in [6.07, 6.45) is 5.70. The van der Waals surface area contributed by atoms with E-state index in [0.717, 1.165) is 30.0 Å². The van der Waals surface area contributed by atoms with Crippen LogP contribution in [0.3, 0.4) is 0 Å². The molecule has 126 valence electrons. The van der Waals surface area contributed by atoms with Crippen molar-refractivity contribution in [1.29, 1.82) is 0 Å². The molecule has 0 radical (unpaired) electrons. The highest BCUT2D eigenvalue weighted by Crippen LogP contribution is 2.32. The molecule has 24 heavy (non-hydrogen) atoms. The minimum atomic E-state index is -1.11. The van der Waals surface area contributed by atoms with Crippen LogP contribution in [0, 0.1) is 12.8 Å². The van der Waals surface area contributed by atoms with Crippen LogP contribution in [0.2, 0.25) is 0 Å². The highest BCUT2D eigenvalue weighted by molar-refractivity contribution is 5.96. The molecular weight excluding hydrogens is 310 g/mol. The molecule has 0 spiro atoms. The van der Waals surface area contributed by atoms with Gasteiger partial charge in [0.25, 0.3) is 5.91 Å². The number of carbonyl (C=O) groups is 2. The summed E-state index contributed by atoms with van der Waals surface area (Å²) < 4.78 is 7.37. The summed E-state index contributed by atoms with van der Waals surface area (Å²) in [5.41, 5.74) is 1.66. The van der Waals surface area contributed by atoms with Gasteiger partial charge in [-0.05, 0) is 31.7 Å². The van der Waals surface area contributed by atoms with Crippen LogP contribution in [-0.2, 0) is 6.54 Å². The molecule has 0 atom stereocenters. The Labute approximate surface area is 138 Å². The van der Waals surface area contributed by atoms with Gasteiger partial charge >= 0.3 is 5.97 Å². The van der Waals surface area contributed by atoms with Crippen molar-refractivity contribution >= 4 is 11.9 Å². The Bertz CT molecular complexity index is 797. The maximum atomic E-state index is 12.6. The van der Waals surface area contributed by atoms with Gasteiger partial charge in [0, 0.05) is 31.5 Å². The van der Waals surface area contributed by atoms with Gasteiger partial charge in [-0.25, -0.2) is 9.78 Å². The van der Waals surface area contributed by atoms with Crippen LogP contribution in [0.4, 0.5) is 0 Å². The van der Waals surface area contributed by atoms with Gasteiger partial charge in [0.1, 0.15) is 6.26 Å². The summed E-state index contributed by atoms with van der Waals surface area (Å²) >= 11 is 0. The van der Waals surface area contributed by atoms with Crippen molar-refractivity contribution in [1.82, 2.24) is 14.5 Å². The second kappa shape index (κ2) is 5.51. The van der Waals surface area contributed by atoms with Crippen LogP contribution in [-0.4, -0.2) is 44.5 Å². The van der Waals surface area contributed by atoms with Crippen molar-refractivity contribution in [2.24, 2.45) is 5.92 Å². The topological polar surface area (TPSA) is 88.6 Å². The number of aromatic nitrogens is 2. The first-order chi connectivity index (χ1) is 11.5. The molecule has 2 fully saturated rings. The molecular formula is C17H19N3O4. The molecule has 0 unspecified atom stereocenters. The third-order valence-corrected chi connectivity index (χ3v) is 4.88. The average Bonchev–Trinajstić information content (AvgIpc) is 3.04. The predicted octanol–water partition coefficient (Wildman–Crippen LogP) is 2.13. The summed E-state index contributed by atoms with van der Waals surface area (Å²) in [5.74, 6) is 0.0319. The standard InChI is InChI=1S/C17H19N3O4/c1-10-13(4-5-19(10)6-11-2-3-11)16(21)20-7-12(8-20)15-18-14(9-24-15)17(22)23/h4-5,9,11-12H,2-3,6-8H2,1H3,(H,22,23). The Kier molecular flexibility index (Phi) is 3.44. The van der Waals surface area contributed by atoms with Crippen molar-refractivity contribution in [2.75, 3.05) is 13.1 Å². The first-order valence-electron chi connectivity index (χ1n) is 8.16. The molecule has 1 aliphatic carbocycles. The summed E-state index contributed by atoms with van der Waals surface area (Å²) in [6, 6.07) is 1.89. The zero-order chi connectivity index (χ0) is 16.8. The third-order valence-electron chi connectivity index (χ3n) is 4.88. The van der Waals surface area contributed by atoms with Gasteiger partial charge in [-0.15, -0.1) is 0 Å². The highest BCUT2D eigenvalue weighted by atomic mass is 16.4. The van der Waals surface area contributed by atoms with E-state index in [2.05, 4.69) is 9.55 Å². The number of amides is 1. The van der Waals surface area contributed by atoms with E-state index in [1.54, 1.807) is 4.90 Å². The third kappa shape index (κ3) is 2.60. The summed E-state index contributed by atoms with van der Waals surface area (Å²) in [4.78, 5) is 29.2. The summed E-state index contributed by atoms with van der Waals surface area (Å²) in [5, 5.41) is 8.87. The molecule has 7 heteroatoms. The van der Waals surface area contributed by atoms with Crippen LogP contribution in [0.1, 0.15) is 51.2 Å². The molecule has 2 aliphatic rings. The predicted molar refractivity (Wildman–Crippen MR) is 84.0 cm³/mol. The molecule has 1 saturated carbocycles. The number of hydrogen-bond acceptors (Lipinski definition) is 4. The zero-order valence-electron chi connectivity index (χ0n) is 13.4. The van der Waals surface area contributed by atoms with E-state index >= 15 is 0 Å². The fourth-order valence-electron chi connectivity index (χ4n) is 3.10. The van der Waals surface area contributed by atoms with Crippen LogP contribution in [0.25, 0.3) is 0 Å². The molecule has 1 amide bonds. The fraction of sp³-hybridized carbons (Fsp3) is 0.471. The molecule has 7 nitrogen and oxygen atoms in total. The largest absolute Gasteiger partial charge is 0.476 e. The summed E-state index contributed by atoms with van der Waals surface area (Å²) in [6.45, 7) is 3.99. The molecule has 4 rings (SSSR count). The molecule has 0 bridgehead atoms. The van der Waals surface area contributed by atoms with E-state index in [1.807, 2.05) is 19.2 Å². The molecule has 1 aliphatic heterocycles. The smallest absolute Gasteiger partial charge is 0.357 e. The Morgan fingerprint density at radius 1 is 1.38 bits per heavy atom. The summed E-state index contributed by atoms with van der Waals surface area (Å²) in [7, 11) is 0. The minimum absolute atomic E-state index is 0.0170. The Morgan fingerprint density at radius 3 is 2.75 bits per heavy atom. The lowest BCUT2D eigenvalue weighted by Gasteiger charge is -2.37. The minimum Gasteiger partial charge on any atom is -0.476 e. The van der Waals surface area contributed by atoms with Crippen LogP contribution < -0.4 is 0 Å². The Morgan fingerprint density at radius 2 is 2.12 bits per heavy atom. The number of carboxylic acids is 1. The van der Waals surface area contributed by atoms with Crippen molar-refractivity contribution in [2.45, 2.75) is 32.2 Å². The van der Waals surface area contributed by atoms with E-state index in [-0.39, 0.29) is 17.5 Å². The maximum absolute atomic E-state index is 12.6. The van der Waals surface area contributed by atoms with Gasteiger partial charge in [-0.1, -0.05) is 0 Å². The van der Waals surface area contributed by atoms with Gasteiger partial charge in [0.15, 0.2) is 5.69 Å². The Hall–Kier alpha value is -2.57. The van der Waals surface area contributed by atoms with Crippen molar-refractivity contribution in [3.63, 3.8) is 0 Å². The number of rotatable bonds is 5. The monoisotopic (exact) mass is 329 g/mol. The average molecular weight is 329 g/mol. The molecule has 0 aromatic carbocycles. The number of carbonyl (C=O) groups excluding carboxylic acids is 1. The highest BCUT2D eigenvalue weighted by Gasteiger charge is 2.36. The fourth-order valence-corrected chi connectivity index (χ4v) is 3.10. The number of hydrogen-bond donors (Lipinski definition) is 1. The SMILES string of the molecule is Cc1c(C(=O)N2CC(c3nc(C(=O)O)co3)C2)ccn1CC1CC1. The molecule has 1 N–H and O–H groups in total. The molecule has 3 heterocycles. The molecule has 2 aromatic rings. The Balaban J connectivity index is 1.40. The van der Waals surface area contributed by atoms with E-state index in [4.69, 9.17) is 9.52 Å². The maximum Gasteiger partial charge on any atom is 0.357 e. The van der Waals surface area contributed by atoms with Gasteiger partial charge < -0.3 is 19.0 Å². The number of aromatic carboxylic acids is 1. The molecule has 1 saturated heterocycles. The van der Waals surface area contributed by atoms with Crippen LogP contribution >= 0.6 is 0 Å². The number of likely N-dealkylation sites (tertiary alicyclic amines) is 1. The van der Waals surface area contributed by atoms with E-state index in [9.17, 15) is 9.59 Å². The van der Waals surface area contributed by atoms with Gasteiger partial charge in [0.05, 0.1) is 11.5 Å². The van der Waals surface area contributed by atoms with Crippen molar-refractivity contribution in [3.8, 4) is 0 Å². The second-order valence-electron chi connectivity index (χ2n) is 6.69. The molecule has 2 aromatic heterocycles. The van der Waals surface area contributed by atoms with E-state index < -0.39 is 5.97 Å². The normalized spacial score (nSPS) is 17.8. The van der Waals surface area contributed by atoms with E-state index in [1.165, 1.54) is 12.8 Å². The van der Waals surface area contributed by atoms with Gasteiger partial charge in [0.2, 0.25) is 5.89 Å². The lowest BCUT2D eigenvalue weighted by atomic mass is 9.99. The van der Waals surface area contributed by atoms with Crippen molar-refractivity contribution < 1.29 is 19.1 Å². The van der Waals surface area contributed by atoms with E-state index in [0.29, 0.717) is 19.0 Å². The second-order valence-corrected chi connectivity index (χ2v) is 6.69.